The van der Waals surface area contributed by atoms with Crippen molar-refractivity contribution in [2.24, 2.45) is 10.6 Å². The first kappa shape index (κ1) is 24.2. The summed E-state index contributed by atoms with van der Waals surface area (Å²) in [5.74, 6) is -1.43. The second-order valence-electron chi connectivity index (χ2n) is 7.36. The molecule has 2 aromatic heterocycles. The molecule has 0 aliphatic carbocycles. The largest absolute Gasteiger partial charge is 0.481 e. The van der Waals surface area contributed by atoms with Gasteiger partial charge in [-0.1, -0.05) is 28.3 Å². The summed E-state index contributed by atoms with van der Waals surface area (Å²) in [5.41, 5.74) is 5.90. The number of hydrogen-bond donors (Lipinski definition) is 3. The number of fused-ring (bicyclic) bond motifs is 1. The highest BCUT2D eigenvalue weighted by Crippen LogP contribution is 2.44. The van der Waals surface area contributed by atoms with Gasteiger partial charge in [-0.25, -0.2) is 9.97 Å². The predicted octanol–water partition coefficient (Wildman–Crippen LogP) is -0.0859. The van der Waals surface area contributed by atoms with E-state index in [-0.39, 0.29) is 47.9 Å². The number of carbonyl (C=O) groups is 3. The number of aliphatic carboxylic acids is 1. The Labute approximate surface area is 205 Å². The number of thioether (sulfide) groups is 2. The summed E-state index contributed by atoms with van der Waals surface area (Å²) in [6, 6.07) is 0.622. The number of nitrogens with two attached hydrogens (primary N) is 1. The molecule has 0 saturated carbocycles. The number of nitrogens with zero attached hydrogens (tertiary/aromatic N) is 6. The lowest BCUT2D eigenvalue weighted by atomic mass is 9.89. The van der Waals surface area contributed by atoms with Gasteiger partial charge in [0.1, 0.15) is 34.8 Å². The maximum absolute atomic E-state index is 12.9. The van der Waals surface area contributed by atoms with Crippen LogP contribution in [0.25, 0.3) is 0 Å². The maximum Gasteiger partial charge on any atom is 0.313 e. The van der Waals surface area contributed by atoms with Crippen molar-refractivity contribution < 1.29 is 24.3 Å². The highest BCUT2D eigenvalue weighted by molar-refractivity contribution is 8.01. The van der Waals surface area contributed by atoms with Crippen LogP contribution in [0.3, 0.4) is 0 Å². The van der Waals surface area contributed by atoms with E-state index < -0.39 is 28.7 Å². The van der Waals surface area contributed by atoms with Crippen LogP contribution in [0.1, 0.15) is 12.7 Å². The van der Waals surface area contributed by atoms with Gasteiger partial charge in [-0.05, 0) is 13.0 Å². The van der Waals surface area contributed by atoms with E-state index in [1.807, 2.05) is 0 Å². The van der Waals surface area contributed by atoms with Crippen molar-refractivity contribution in [3.63, 3.8) is 0 Å². The molecule has 180 valence electrons. The molecule has 3 atom stereocenters. The minimum absolute atomic E-state index is 0.0369. The van der Waals surface area contributed by atoms with Crippen LogP contribution in [0.2, 0.25) is 0 Å². The zero-order valence-corrected chi connectivity index (χ0v) is 20.2. The fraction of sp³-hybridized carbons (Fsp3) is 0.444. The number of carboxylic acids is 1. The summed E-state index contributed by atoms with van der Waals surface area (Å²) >= 11 is 3.93. The average Bonchev–Trinajstić information content (AvgIpc) is 3.35. The van der Waals surface area contributed by atoms with Gasteiger partial charge in [0.2, 0.25) is 11.6 Å². The maximum atomic E-state index is 12.9. The van der Waals surface area contributed by atoms with E-state index in [9.17, 15) is 19.5 Å². The Kier molecular flexibility index (Phi) is 7.18. The topological polar surface area (TPSA) is 186 Å². The predicted molar refractivity (Wildman–Crippen MR) is 125 cm³/mol. The Bertz CT molecular complexity index is 1120. The molecule has 4 N–H and O–H groups in total. The smallest absolute Gasteiger partial charge is 0.313 e. The SMILES string of the molecule is CCON=C(C(=O)NC1C(=O)N2CC(CSc3nncs3)(C(=O)O)CS[C@H]12)c1nccc(N)n1. The van der Waals surface area contributed by atoms with Crippen LogP contribution < -0.4 is 11.1 Å². The molecule has 0 aromatic carbocycles. The normalized spacial score (nSPS) is 24.2. The molecule has 2 aliphatic heterocycles. The van der Waals surface area contributed by atoms with E-state index in [1.165, 1.54) is 52.0 Å². The summed E-state index contributed by atoms with van der Waals surface area (Å²) in [4.78, 5) is 52.4. The quantitative estimate of drug-likeness (QED) is 0.172. The van der Waals surface area contributed by atoms with Crippen LogP contribution in [-0.2, 0) is 19.2 Å². The third-order valence-electron chi connectivity index (χ3n) is 5.09. The third-order valence-corrected chi connectivity index (χ3v) is 8.82. The minimum atomic E-state index is -1.14. The number of amides is 2. The third kappa shape index (κ3) is 4.78. The Morgan fingerprint density at radius 1 is 1.50 bits per heavy atom. The van der Waals surface area contributed by atoms with Gasteiger partial charge in [0.15, 0.2) is 10.2 Å². The molecule has 13 nitrogen and oxygen atoms in total. The standard InChI is InChI=1S/C18H20N8O5S3/c1-2-31-25-10(12-20-4-3-9(19)22-12)13(27)23-11-14(28)26-5-18(16(29)30,6-32-15(11)26)7-33-17-24-21-8-34-17/h3-4,8,11,15H,2,5-7H2,1H3,(H,23,27)(H,29,30)(H2,19,20,22)/t11?,15-,18?/m1/s1. The molecule has 0 bridgehead atoms. The van der Waals surface area contributed by atoms with Crippen LogP contribution >= 0.6 is 34.9 Å². The average molecular weight is 525 g/mol. The van der Waals surface area contributed by atoms with E-state index in [0.29, 0.717) is 4.34 Å². The number of hydrogen-bond acceptors (Lipinski definition) is 13. The van der Waals surface area contributed by atoms with Crippen LogP contribution in [-0.4, -0.2) is 89.7 Å². The van der Waals surface area contributed by atoms with E-state index >= 15 is 0 Å². The van der Waals surface area contributed by atoms with E-state index in [4.69, 9.17) is 10.6 Å². The number of carbonyl (C=O) groups excluding carboxylic acids is 2. The number of aromatic nitrogens is 4. The van der Waals surface area contributed by atoms with Crippen LogP contribution in [0.5, 0.6) is 0 Å². The molecule has 2 amide bonds. The van der Waals surface area contributed by atoms with Gasteiger partial charge in [0.25, 0.3) is 5.91 Å². The van der Waals surface area contributed by atoms with Crippen LogP contribution in [0.15, 0.2) is 27.3 Å². The number of nitrogen functional groups attached to an aromatic ring is 1. The highest BCUT2D eigenvalue weighted by atomic mass is 32.2. The summed E-state index contributed by atoms with van der Waals surface area (Å²) in [6.45, 7) is 1.94. The minimum Gasteiger partial charge on any atom is -0.481 e. The number of anilines is 1. The summed E-state index contributed by atoms with van der Waals surface area (Å²) in [6.07, 6.45) is 1.38. The van der Waals surface area contributed by atoms with Crippen molar-refractivity contribution in [3.8, 4) is 0 Å². The molecule has 0 radical (unpaired) electrons. The Hall–Kier alpha value is -2.98. The molecule has 4 rings (SSSR count). The lowest BCUT2D eigenvalue weighted by Gasteiger charge is -2.53. The lowest BCUT2D eigenvalue weighted by Crippen LogP contribution is -2.74. The van der Waals surface area contributed by atoms with Crippen molar-refractivity contribution >= 4 is 64.2 Å². The number of β-lactam (4-membered cyclic amide) rings is 1. The Morgan fingerprint density at radius 3 is 3.00 bits per heavy atom. The monoisotopic (exact) mass is 524 g/mol. The first-order valence-corrected chi connectivity index (χ1v) is 12.9. The molecule has 4 heterocycles. The number of oxime groups is 1. The molecule has 2 saturated heterocycles. The number of carboxylic acid groups (broad SMARTS) is 1. The molecule has 2 fully saturated rings. The van der Waals surface area contributed by atoms with E-state index in [0.717, 1.165) is 0 Å². The molecule has 2 unspecified atom stereocenters. The van der Waals surface area contributed by atoms with Crippen LogP contribution in [0.4, 0.5) is 5.82 Å². The van der Waals surface area contributed by atoms with Gasteiger partial charge in [-0.15, -0.1) is 22.0 Å². The molecule has 16 heteroatoms. The van der Waals surface area contributed by atoms with E-state index in [1.54, 1.807) is 12.4 Å². The van der Waals surface area contributed by atoms with Gasteiger partial charge in [0, 0.05) is 24.2 Å². The first-order valence-electron chi connectivity index (χ1n) is 9.99. The van der Waals surface area contributed by atoms with Crippen LogP contribution in [0, 0.1) is 5.41 Å². The van der Waals surface area contributed by atoms with Gasteiger partial charge in [0.05, 0.1) is 0 Å². The molecule has 0 spiro atoms. The second kappa shape index (κ2) is 10.1. The first-order chi connectivity index (χ1) is 16.3. The fourth-order valence-electron chi connectivity index (χ4n) is 3.34. The molecular formula is C18H20N8O5S3. The van der Waals surface area contributed by atoms with Gasteiger partial charge in [-0.3, -0.25) is 14.4 Å². The summed E-state index contributed by atoms with van der Waals surface area (Å²) in [7, 11) is 0. The second-order valence-corrected chi connectivity index (χ2v) is 10.5. The molecule has 2 aliphatic rings. The van der Waals surface area contributed by atoms with Gasteiger partial charge in [-0.2, -0.15) is 0 Å². The zero-order chi connectivity index (χ0) is 24.3. The van der Waals surface area contributed by atoms with Crippen molar-refractivity contribution in [2.75, 3.05) is 30.4 Å². The lowest BCUT2D eigenvalue weighted by molar-refractivity contribution is -0.157. The van der Waals surface area contributed by atoms with E-state index in [2.05, 4.69) is 30.6 Å². The van der Waals surface area contributed by atoms with Crippen molar-refractivity contribution in [1.29, 1.82) is 0 Å². The molecular weight excluding hydrogens is 504 g/mol. The zero-order valence-electron chi connectivity index (χ0n) is 17.8. The van der Waals surface area contributed by atoms with Crippen molar-refractivity contribution in [1.82, 2.24) is 30.4 Å². The summed E-state index contributed by atoms with van der Waals surface area (Å²) < 4.78 is 0.665. The van der Waals surface area contributed by atoms with Crippen molar-refractivity contribution in [2.45, 2.75) is 22.7 Å². The fourth-order valence-corrected chi connectivity index (χ4v) is 6.69. The molecule has 2 aromatic rings. The molecule has 34 heavy (non-hydrogen) atoms. The Balaban J connectivity index is 1.44. The van der Waals surface area contributed by atoms with Gasteiger partial charge < -0.3 is 25.9 Å². The highest BCUT2D eigenvalue weighted by Gasteiger charge is 2.57. The number of rotatable bonds is 9. The summed E-state index contributed by atoms with van der Waals surface area (Å²) in [5, 5.41) is 23.7. The number of nitrogens with one attached hydrogen (secondary N) is 1. The van der Waals surface area contributed by atoms with Crippen molar-refractivity contribution in [3.05, 3.63) is 23.6 Å². The van der Waals surface area contributed by atoms with Gasteiger partial charge >= 0.3 is 5.97 Å². The Morgan fingerprint density at radius 2 is 2.32 bits per heavy atom.